The van der Waals surface area contributed by atoms with Gasteiger partial charge in [-0.05, 0) is 27.7 Å². The second kappa shape index (κ2) is 4.82. The van der Waals surface area contributed by atoms with Crippen molar-refractivity contribution in [3.05, 3.63) is 36.4 Å². The Morgan fingerprint density at radius 1 is 0.667 bits per heavy atom. The lowest BCUT2D eigenvalue weighted by Gasteiger charge is -2.32. The van der Waals surface area contributed by atoms with E-state index in [1.165, 1.54) is 7.69 Å². The summed E-state index contributed by atoms with van der Waals surface area (Å²) in [5, 5.41) is 0. The van der Waals surface area contributed by atoms with Gasteiger partial charge in [-0.3, -0.25) is 0 Å². The Morgan fingerprint density at radius 2 is 0.933 bits per heavy atom. The molecule has 0 spiro atoms. The van der Waals surface area contributed by atoms with Gasteiger partial charge < -0.3 is 9.31 Å². The van der Waals surface area contributed by atoms with Gasteiger partial charge >= 0.3 is 7.69 Å². The first-order chi connectivity index (χ1) is 6.96. The molecule has 1 fully saturated rings. The topological polar surface area (TPSA) is 18.5 Å². The van der Waals surface area contributed by atoms with Crippen molar-refractivity contribution in [1.29, 1.82) is 0 Å². The van der Waals surface area contributed by atoms with Crippen molar-refractivity contribution >= 4 is 7.69 Å². The van der Waals surface area contributed by atoms with E-state index in [0.717, 1.165) is 0 Å². The first-order valence-corrected chi connectivity index (χ1v) is 5.13. The molecule has 1 aromatic carbocycles. The van der Waals surface area contributed by atoms with Gasteiger partial charge in [0.15, 0.2) is 0 Å². The molecule has 0 saturated carbocycles. The van der Waals surface area contributed by atoms with E-state index in [9.17, 15) is 0 Å². The highest BCUT2D eigenvalue weighted by Crippen LogP contribution is 2.33. The van der Waals surface area contributed by atoms with Gasteiger partial charge in [0.1, 0.15) is 0 Å². The molecule has 2 rings (SSSR count). The van der Waals surface area contributed by atoms with Crippen LogP contribution in [0.3, 0.4) is 0 Å². The summed E-state index contributed by atoms with van der Waals surface area (Å²) in [6, 6.07) is 12.0. The maximum absolute atomic E-state index is 5.21. The average molecular weight is 205 g/mol. The molecule has 2 nitrogen and oxygen atoms in total. The molecule has 1 heterocycles. The zero-order valence-electron chi connectivity index (χ0n) is 9.86. The fraction of sp³-hybridized carbons (Fsp3) is 0.500. The van der Waals surface area contributed by atoms with Gasteiger partial charge in [0.05, 0.1) is 11.2 Å². The van der Waals surface area contributed by atoms with Crippen LogP contribution in [0.15, 0.2) is 36.4 Å². The predicted octanol–water partition coefficient (Wildman–Crippen LogP) is 2.81. The van der Waals surface area contributed by atoms with E-state index in [0.29, 0.717) is 0 Å². The summed E-state index contributed by atoms with van der Waals surface area (Å²) in [6.07, 6.45) is 0. The van der Waals surface area contributed by atoms with E-state index in [1.54, 1.807) is 0 Å². The van der Waals surface area contributed by atoms with Crippen molar-refractivity contribution in [2.75, 3.05) is 0 Å². The minimum atomic E-state index is -0.188. The van der Waals surface area contributed by atoms with Crippen LogP contribution in [0.2, 0.25) is 0 Å². The third-order valence-electron chi connectivity index (χ3n) is 2.80. The Hall–Kier alpha value is -0.795. The normalized spacial score (nSPS) is 21.1. The fourth-order valence-corrected chi connectivity index (χ4v) is 0.933. The minimum absolute atomic E-state index is 0.187. The predicted molar refractivity (Wildman–Crippen MR) is 62.5 cm³/mol. The molecule has 15 heavy (non-hydrogen) atoms. The largest absolute Gasteiger partial charge is 0.488 e. The van der Waals surface area contributed by atoms with Crippen LogP contribution in [-0.2, 0) is 9.31 Å². The smallest absolute Gasteiger partial charge is 0.405 e. The third-order valence-corrected chi connectivity index (χ3v) is 2.80. The molecular formula is C12H18BO2. The monoisotopic (exact) mass is 205 g/mol. The zero-order chi connectivity index (χ0) is 11.4. The zero-order valence-corrected chi connectivity index (χ0v) is 9.86. The second-order valence-electron chi connectivity index (χ2n) is 4.51. The molecule has 0 atom stereocenters. The van der Waals surface area contributed by atoms with Crippen LogP contribution in [0.5, 0.6) is 0 Å². The van der Waals surface area contributed by atoms with E-state index in [4.69, 9.17) is 9.31 Å². The number of hydrogen-bond donors (Lipinski definition) is 0. The Bertz CT molecular complexity index is 242. The number of rotatable bonds is 0. The highest BCUT2D eigenvalue weighted by molar-refractivity contribution is 6.19. The lowest BCUT2D eigenvalue weighted by atomic mass is 9.90. The van der Waals surface area contributed by atoms with Crippen LogP contribution in [-0.4, -0.2) is 18.9 Å². The summed E-state index contributed by atoms with van der Waals surface area (Å²) < 4.78 is 10.4. The summed E-state index contributed by atoms with van der Waals surface area (Å²) >= 11 is 0. The molecule has 81 valence electrons. The fourth-order valence-electron chi connectivity index (χ4n) is 0.933. The summed E-state index contributed by atoms with van der Waals surface area (Å²) in [7, 11) is 1.42. The summed E-state index contributed by atoms with van der Waals surface area (Å²) in [6.45, 7) is 8.04. The van der Waals surface area contributed by atoms with Crippen LogP contribution in [0.1, 0.15) is 27.7 Å². The Balaban J connectivity index is 0.000000162. The summed E-state index contributed by atoms with van der Waals surface area (Å²) in [5.74, 6) is 0. The van der Waals surface area contributed by atoms with Crippen LogP contribution < -0.4 is 0 Å². The Labute approximate surface area is 92.9 Å². The van der Waals surface area contributed by atoms with Crippen molar-refractivity contribution in [3.63, 3.8) is 0 Å². The molecule has 0 unspecified atom stereocenters. The third kappa shape index (κ3) is 3.36. The first kappa shape index (κ1) is 12.3. The van der Waals surface area contributed by atoms with Gasteiger partial charge in [-0.25, -0.2) is 0 Å². The highest BCUT2D eigenvalue weighted by atomic mass is 16.7. The molecule has 1 aromatic rings. The van der Waals surface area contributed by atoms with Crippen molar-refractivity contribution < 1.29 is 9.31 Å². The van der Waals surface area contributed by atoms with Gasteiger partial charge in [-0.1, -0.05) is 36.4 Å². The van der Waals surface area contributed by atoms with Crippen LogP contribution in [0.25, 0.3) is 0 Å². The van der Waals surface area contributed by atoms with Crippen molar-refractivity contribution in [2.24, 2.45) is 0 Å². The average Bonchev–Trinajstić information content (AvgIpc) is 2.43. The molecule has 0 aliphatic carbocycles. The van der Waals surface area contributed by atoms with Crippen molar-refractivity contribution in [2.45, 2.75) is 38.9 Å². The molecule has 0 amide bonds. The molecule has 0 N–H and O–H groups in total. The van der Waals surface area contributed by atoms with Crippen molar-refractivity contribution in [3.8, 4) is 0 Å². The molecule has 1 aliphatic heterocycles. The van der Waals surface area contributed by atoms with E-state index in [2.05, 4.69) is 0 Å². The Morgan fingerprint density at radius 3 is 1.07 bits per heavy atom. The molecule has 0 bridgehead atoms. The van der Waals surface area contributed by atoms with E-state index in [-0.39, 0.29) is 11.2 Å². The van der Waals surface area contributed by atoms with E-state index >= 15 is 0 Å². The van der Waals surface area contributed by atoms with Gasteiger partial charge in [0.25, 0.3) is 0 Å². The van der Waals surface area contributed by atoms with E-state index < -0.39 is 0 Å². The van der Waals surface area contributed by atoms with Gasteiger partial charge in [-0.15, -0.1) is 0 Å². The lowest BCUT2D eigenvalue weighted by molar-refractivity contribution is 0.00578. The second-order valence-corrected chi connectivity index (χ2v) is 4.51. The van der Waals surface area contributed by atoms with E-state index in [1.807, 2.05) is 64.1 Å². The number of benzene rings is 1. The molecule has 1 saturated heterocycles. The van der Waals surface area contributed by atoms with Gasteiger partial charge in [0.2, 0.25) is 0 Å². The molecule has 0 aromatic heterocycles. The van der Waals surface area contributed by atoms with Crippen molar-refractivity contribution in [1.82, 2.24) is 0 Å². The molecule has 1 radical (unpaired) electrons. The summed E-state index contributed by atoms with van der Waals surface area (Å²) in [5.41, 5.74) is -0.375. The standard InChI is InChI=1S/C6H12BO2.C6H6/c1-5(2)6(3,4)9-7-8-5;1-2-4-6-5-3-1/h1-4H3;1-6H. The lowest BCUT2D eigenvalue weighted by Crippen LogP contribution is -2.41. The molecule has 1 aliphatic rings. The Kier molecular flexibility index (Phi) is 3.94. The van der Waals surface area contributed by atoms with Crippen LogP contribution in [0, 0.1) is 0 Å². The maximum Gasteiger partial charge on any atom is 0.488 e. The summed E-state index contributed by atoms with van der Waals surface area (Å²) in [4.78, 5) is 0. The minimum Gasteiger partial charge on any atom is -0.405 e. The van der Waals surface area contributed by atoms with Crippen LogP contribution >= 0.6 is 0 Å². The molecule has 3 heteroatoms. The van der Waals surface area contributed by atoms with Crippen LogP contribution in [0.4, 0.5) is 0 Å². The van der Waals surface area contributed by atoms with Gasteiger partial charge in [0, 0.05) is 0 Å². The quantitative estimate of drug-likeness (QED) is 0.606. The highest BCUT2D eigenvalue weighted by Gasteiger charge is 2.44. The first-order valence-electron chi connectivity index (χ1n) is 5.13. The number of hydrogen-bond acceptors (Lipinski definition) is 2. The van der Waals surface area contributed by atoms with Gasteiger partial charge in [-0.2, -0.15) is 0 Å². The maximum atomic E-state index is 5.21. The molecular weight excluding hydrogens is 187 g/mol. The SMILES string of the molecule is CC1(C)O[B]OC1(C)C.c1ccccc1.